The standard InChI is InChI=1S/C11H14N2O5.ClH/c12-10(17)7-2-1-3-13(4-7)11(6-14)9(16)8(15)5-18-11;/h1-4,8-9,14-16H,5-6H2,(H-,12,17);1H/t8-,9+,11-;/m0./s1. The first-order valence-corrected chi connectivity index (χ1v) is 5.44. The summed E-state index contributed by atoms with van der Waals surface area (Å²) in [7, 11) is 0. The Labute approximate surface area is 115 Å². The summed E-state index contributed by atoms with van der Waals surface area (Å²) in [4.78, 5) is 11.1. The molecule has 1 aromatic heterocycles. The van der Waals surface area contributed by atoms with Gasteiger partial charge in [0.05, 0.1) is 6.61 Å². The smallest absolute Gasteiger partial charge is 0.324 e. The normalized spacial score (nSPS) is 29.8. The number of primary amides is 1. The molecular weight excluding hydrogens is 276 g/mol. The van der Waals surface area contributed by atoms with Gasteiger partial charge in [0.25, 0.3) is 5.91 Å². The van der Waals surface area contributed by atoms with Gasteiger partial charge in [0, 0.05) is 6.07 Å². The van der Waals surface area contributed by atoms with Crippen LogP contribution in [0.1, 0.15) is 10.4 Å². The van der Waals surface area contributed by atoms with Gasteiger partial charge < -0.3 is 38.2 Å². The van der Waals surface area contributed by atoms with Crippen LogP contribution in [0.15, 0.2) is 24.5 Å². The number of amides is 1. The largest absolute Gasteiger partial charge is 1.00 e. The molecule has 0 aromatic carbocycles. The lowest BCUT2D eigenvalue weighted by Gasteiger charge is -2.23. The maximum absolute atomic E-state index is 11.1. The monoisotopic (exact) mass is 290 g/mol. The fraction of sp³-hybridized carbons (Fsp3) is 0.455. The molecule has 2 rings (SSSR count). The number of carbonyl (C=O) groups excluding carboxylic acids is 1. The predicted octanol–water partition coefficient (Wildman–Crippen LogP) is -5.53. The molecule has 7 nitrogen and oxygen atoms in total. The number of carbonyl (C=O) groups is 1. The summed E-state index contributed by atoms with van der Waals surface area (Å²) >= 11 is 0. The number of nitrogens with zero attached hydrogens (tertiary/aromatic N) is 1. The molecule has 0 unspecified atom stereocenters. The lowest BCUT2D eigenvalue weighted by atomic mass is 10.0. The number of hydrogen-bond donors (Lipinski definition) is 4. The van der Waals surface area contributed by atoms with Gasteiger partial charge in [-0.05, 0) is 6.07 Å². The van der Waals surface area contributed by atoms with E-state index in [1.165, 1.54) is 29.1 Å². The molecule has 1 amide bonds. The summed E-state index contributed by atoms with van der Waals surface area (Å²) in [6, 6.07) is 3.04. The van der Waals surface area contributed by atoms with E-state index in [1.807, 2.05) is 0 Å². The van der Waals surface area contributed by atoms with Crippen LogP contribution in [0.5, 0.6) is 0 Å². The number of ether oxygens (including phenoxy) is 1. The van der Waals surface area contributed by atoms with Gasteiger partial charge in [0.1, 0.15) is 18.3 Å². The maximum atomic E-state index is 11.1. The van der Waals surface area contributed by atoms with Crippen molar-refractivity contribution >= 4 is 5.91 Å². The number of nitrogens with two attached hydrogens (primary N) is 1. The molecule has 2 heterocycles. The molecule has 0 aliphatic carbocycles. The zero-order valence-corrected chi connectivity index (χ0v) is 10.7. The highest BCUT2D eigenvalue weighted by Gasteiger charge is 2.57. The van der Waals surface area contributed by atoms with Crippen LogP contribution in [-0.2, 0) is 10.5 Å². The van der Waals surface area contributed by atoms with Crippen LogP contribution >= 0.6 is 0 Å². The van der Waals surface area contributed by atoms with Gasteiger partial charge in [0.15, 0.2) is 18.5 Å². The van der Waals surface area contributed by atoms with Crippen LogP contribution in [0.2, 0.25) is 0 Å². The Morgan fingerprint density at radius 3 is 2.74 bits per heavy atom. The zero-order chi connectivity index (χ0) is 13.3. The molecule has 1 aliphatic heterocycles. The second-order valence-electron chi connectivity index (χ2n) is 4.19. The Morgan fingerprint density at radius 2 is 2.26 bits per heavy atom. The number of hydrogen-bond acceptors (Lipinski definition) is 5. The van der Waals surface area contributed by atoms with Crippen molar-refractivity contribution in [3.05, 3.63) is 30.1 Å². The second kappa shape index (κ2) is 5.81. The molecule has 8 heteroatoms. The highest BCUT2D eigenvalue weighted by Crippen LogP contribution is 2.26. The topological polar surface area (TPSA) is 117 Å². The van der Waals surface area contributed by atoms with Gasteiger partial charge in [-0.1, -0.05) is 0 Å². The van der Waals surface area contributed by atoms with E-state index in [1.54, 1.807) is 0 Å². The molecule has 0 bridgehead atoms. The lowest BCUT2D eigenvalue weighted by Crippen LogP contribution is -3.00. The lowest BCUT2D eigenvalue weighted by molar-refractivity contribution is -0.814. The van der Waals surface area contributed by atoms with E-state index in [-0.39, 0.29) is 24.6 Å². The Balaban J connectivity index is 0.00000180. The number of rotatable bonds is 3. The minimum atomic E-state index is -1.50. The first kappa shape index (κ1) is 15.8. The third kappa shape index (κ3) is 2.56. The number of aliphatic hydroxyl groups is 3. The average molecular weight is 291 g/mol. The van der Waals surface area contributed by atoms with E-state index in [2.05, 4.69) is 0 Å². The van der Waals surface area contributed by atoms with Crippen LogP contribution in [0.3, 0.4) is 0 Å². The molecule has 0 radical (unpaired) electrons. The summed E-state index contributed by atoms with van der Waals surface area (Å²) < 4.78 is 6.64. The van der Waals surface area contributed by atoms with Crippen LogP contribution in [0.25, 0.3) is 0 Å². The van der Waals surface area contributed by atoms with Crippen molar-refractivity contribution in [3.63, 3.8) is 0 Å². The van der Waals surface area contributed by atoms with Crippen LogP contribution in [0.4, 0.5) is 0 Å². The molecule has 1 fully saturated rings. The van der Waals surface area contributed by atoms with E-state index in [0.717, 1.165) is 0 Å². The fourth-order valence-electron chi connectivity index (χ4n) is 2.01. The van der Waals surface area contributed by atoms with Gasteiger partial charge in [-0.15, -0.1) is 0 Å². The summed E-state index contributed by atoms with van der Waals surface area (Å²) in [6.07, 6.45) is 0.488. The summed E-state index contributed by atoms with van der Waals surface area (Å²) in [5, 5.41) is 28.9. The second-order valence-corrected chi connectivity index (χ2v) is 4.19. The summed E-state index contributed by atoms with van der Waals surface area (Å²) in [5.41, 5.74) is 3.88. The first-order chi connectivity index (χ1) is 8.51. The number of halogens is 1. The Bertz CT molecular complexity index is 472. The molecule has 1 saturated heterocycles. The van der Waals surface area contributed by atoms with Crippen molar-refractivity contribution in [2.24, 2.45) is 5.73 Å². The summed E-state index contributed by atoms with van der Waals surface area (Å²) in [6.45, 7) is -0.645. The van der Waals surface area contributed by atoms with Crippen LogP contribution in [-0.4, -0.2) is 46.6 Å². The molecule has 5 N–H and O–H groups in total. The van der Waals surface area contributed by atoms with Crippen molar-refractivity contribution in [3.8, 4) is 0 Å². The van der Waals surface area contributed by atoms with Gasteiger partial charge in [0.2, 0.25) is 0 Å². The third-order valence-electron chi connectivity index (χ3n) is 3.08. The Morgan fingerprint density at radius 1 is 1.58 bits per heavy atom. The molecule has 19 heavy (non-hydrogen) atoms. The van der Waals surface area contributed by atoms with Gasteiger partial charge in [-0.3, -0.25) is 4.79 Å². The molecule has 3 atom stereocenters. The average Bonchev–Trinajstić information content (AvgIpc) is 2.67. The zero-order valence-electron chi connectivity index (χ0n) is 9.94. The van der Waals surface area contributed by atoms with E-state index in [0.29, 0.717) is 0 Å². The van der Waals surface area contributed by atoms with Crippen molar-refractivity contribution in [2.45, 2.75) is 17.9 Å². The van der Waals surface area contributed by atoms with Crippen molar-refractivity contribution in [2.75, 3.05) is 13.2 Å². The third-order valence-corrected chi connectivity index (χ3v) is 3.08. The first-order valence-electron chi connectivity index (χ1n) is 5.44. The number of aliphatic hydroxyl groups excluding tert-OH is 3. The van der Waals surface area contributed by atoms with E-state index in [4.69, 9.17) is 10.5 Å². The van der Waals surface area contributed by atoms with E-state index < -0.39 is 30.4 Å². The molecule has 1 aromatic rings. The predicted molar refractivity (Wildman–Crippen MR) is 58.2 cm³/mol. The highest BCUT2D eigenvalue weighted by molar-refractivity contribution is 5.92. The quantitative estimate of drug-likeness (QED) is 0.414. The van der Waals surface area contributed by atoms with Crippen molar-refractivity contribution < 1.29 is 41.8 Å². The summed E-state index contributed by atoms with van der Waals surface area (Å²) in [5.74, 6) is -0.634. The molecule has 0 spiro atoms. The highest BCUT2D eigenvalue weighted by atomic mass is 35.5. The molecular formula is C11H15ClN2O5. The van der Waals surface area contributed by atoms with Crippen molar-refractivity contribution in [1.82, 2.24) is 0 Å². The van der Waals surface area contributed by atoms with Gasteiger partial charge in [-0.2, -0.15) is 4.57 Å². The minimum Gasteiger partial charge on any atom is -1.00 e. The number of pyridine rings is 1. The number of aromatic nitrogens is 1. The maximum Gasteiger partial charge on any atom is 0.324 e. The van der Waals surface area contributed by atoms with E-state index in [9.17, 15) is 20.1 Å². The SMILES string of the molecule is NC(=O)c1ccc[n+]([C@@]2(CO)OC[C@H](O)[C@H]2O)c1.[Cl-]. The van der Waals surface area contributed by atoms with Crippen molar-refractivity contribution in [1.29, 1.82) is 0 Å². The Kier molecular flexibility index (Phi) is 4.83. The fourth-order valence-corrected chi connectivity index (χ4v) is 2.01. The van der Waals surface area contributed by atoms with Gasteiger partial charge >= 0.3 is 5.72 Å². The molecule has 106 valence electrons. The minimum absolute atomic E-state index is 0. The van der Waals surface area contributed by atoms with Crippen LogP contribution < -0.4 is 22.7 Å². The van der Waals surface area contributed by atoms with E-state index >= 15 is 0 Å². The van der Waals surface area contributed by atoms with Gasteiger partial charge in [-0.25, -0.2) is 0 Å². The Hall–Kier alpha value is -1.25. The molecule has 1 aliphatic rings. The molecule has 0 saturated carbocycles. The van der Waals surface area contributed by atoms with Crippen LogP contribution in [0, 0.1) is 0 Å².